The summed E-state index contributed by atoms with van der Waals surface area (Å²) < 4.78 is 1.16. The van der Waals surface area contributed by atoms with Crippen LogP contribution >= 0.6 is 15.9 Å². The minimum Gasteiger partial charge on any atom is -0.392 e. The first-order valence-electron chi connectivity index (χ1n) is 6.36. The van der Waals surface area contributed by atoms with Gasteiger partial charge in [0, 0.05) is 17.1 Å². The number of aliphatic hydroxyl groups is 1. The molecule has 0 saturated heterocycles. The van der Waals surface area contributed by atoms with Crippen molar-refractivity contribution in [1.82, 2.24) is 5.32 Å². The number of rotatable bonds is 5. The highest BCUT2D eigenvalue weighted by Crippen LogP contribution is 2.37. The van der Waals surface area contributed by atoms with Crippen LogP contribution in [0.3, 0.4) is 0 Å². The average Bonchev–Trinajstić information content (AvgIpc) is 2.26. The average molecular weight is 298 g/mol. The number of benzene rings is 1. The Morgan fingerprint density at radius 3 is 2.88 bits per heavy atom. The number of hydrogen-bond acceptors (Lipinski definition) is 2. The van der Waals surface area contributed by atoms with Crippen LogP contribution in [-0.2, 0) is 0 Å². The monoisotopic (exact) mass is 297 g/mol. The Hall–Kier alpha value is -0.380. The fourth-order valence-corrected chi connectivity index (χ4v) is 2.68. The number of hydrogen-bond donors (Lipinski definition) is 2. The third-order valence-electron chi connectivity index (χ3n) is 3.57. The van der Waals surface area contributed by atoms with Gasteiger partial charge in [-0.05, 0) is 42.9 Å². The minimum absolute atomic E-state index is 0.195. The second-order valence-corrected chi connectivity index (χ2v) is 5.81. The van der Waals surface area contributed by atoms with Crippen LogP contribution in [0.4, 0.5) is 0 Å². The lowest BCUT2D eigenvalue weighted by Gasteiger charge is -2.37. The van der Waals surface area contributed by atoms with Crippen LogP contribution in [0.15, 0.2) is 28.7 Å². The molecule has 0 spiro atoms. The summed E-state index contributed by atoms with van der Waals surface area (Å²) in [6.07, 6.45) is 3.01. The van der Waals surface area contributed by atoms with Gasteiger partial charge in [0.05, 0.1) is 6.10 Å². The maximum absolute atomic E-state index is 9.48. The number of halogens is 1. The minimum atomic E-state index is -0.195. The molecule has 1 aliphatic rings. The predicted molar refractivity (Wildman–Crippen MR) is 74.2 cm³/mol. The van der Waals surface area contributed by atoms with Crippen LogP contribution in [0.25, 0.3) is 0 Å². The van der Waals surface area contributed by atoms with E-state index in [9.17, 15) is 5.11 Å². The molecule has 0 heterocycles. The maximum atomic E-state index is 9.48. The van der Waals surface area contributed by atoms with Crippen LogP contribution in [0, 0.1) is 0 Å². The Morgan fingerprint density at radius 1 is 1.47 bits per heavy atom. The first-order valence-corrected chi connectivity index (χ1v) is 7.15. The summed E-state index contributed by atoms with van der Waals surface area (Å²) >= 11 is 3.51. The molecule has 0 bridgehead atoms. The zero-order valence-corrected chi connectivity index (χ0v) is 11.8. The second-order valence-electron chi connectivity index (χ2n) is 4.89. The summed E-state index contributed by atoms with van der Waals surface area (Å²) in [7, 11) is 0. The largest absolute Gasteiger partial charge is 0.392 e. The molecule has 2 nitrogen and oxygen atoms in total. The molecule has 3 heteroatoms. The first kappa shape index (κ1) is 13.1. The molecule has 1 unspecified atom stereocenters. The standard InChI is InChI=1S/C14H20BrNO/c1-2-14(17)9-16-13-7-11(8-13)10-4-3-5-12(15)6-10/h3-6,11,13-14,16-17H,2,7-9H2,1H3. The van der Waals surface area contributed by atoms with Crippen molar-refractivity contribution >= 4 is 15.9 Å². The zero-order valence-electron chi connectivity index (χ0n) is 10.2. The zero-order chi connectivity index (χ0) is 12.3. The Morgan fingerprint density at radius 2 is 2.24 bits per heavy atom. The fraction of sp³-hybridized carbons (Fsp3) is 0.571. The maximum Gasteiger partial charge on any atom is 0.0662 e. The normalized spacial score (nSPS) is 25.4. The van der Waals surface area contributed by atoms with E-state index in [2.05, 4.69) is 45.5 Å². The molecule has 17 heavy (non-hydrogen) atoms. The van der Waals surface area contributed by atoms with Crippen molar-refractivity contribution in [2.24, 2.45) is 0 Å². The summed E-state index contributed by atoms with van der Waals surface area (Å²) in [5.74, 6) is 0.684. The highest BCUT2D eigenvalue weighted by atomic mass is 79.9. The van der Waals surface area contributed by atoms with Crippen molar-refractivity contribution in [2.75, 3.05) is 6.54 Å². The van der Waals surface area contributed by atoms with E-state index in [1.807, 2.05) is 6.92 Å². The van der Waals surface area contributed by atoms with Gasteiger partial charge in [-0.3, -0.25) is 0 Å². The highest BCUT2D eigenvalue weighted by molar-refractivity contribution is 9.10. The molecule has 0 aliphatic heterocycles. The van der Waals surface area contributed by atoms with Gasteiger partial charge in [0.1, 0.15) is 0 Å². The number of nitrogens with one attached hydrogen (secondary N) is 1. The van der Waals surface area contributed by atoms with Crippen molar-refractivity contribution < 1.29 is 5.11 Å². The van der Waals surface area contributed by atoms with Crippen LogP contribution < -0.4 is 5.32 Å². The number of aliphatic hydroxyl groups excluding tert-OH is 1. The Labute approximate surface area is 112 Å². The van der Waals surface area contributed by atoms with Crippen LogP contribution in [0.5, 0.6) is 0 Å². The van der Waals surface area contributed by atoms with Crippen LogP contribution in [0.1, 0.15) is 37.7 Å². The van der Waals surface area contributed by atoms with Crippen LogP contribution in [0.2, 0.25) is 0 Å². The van der Waals surface area contributed by atoms with E-state index in [0.29, 0.717) is 12.0 Å². The quantitative estimate of drug-likeness (QED) is 0.875. The molecule has 0 aromatic heterocycles. The van der Waals surface area contributed by atoms with Crippen molar-refractivity contribution in [3.05, 3.63) is 34.3 Å². The van der Waals surface area contributed by atoms with Gasteiger partial charge >= 0.3 is 0 Å². The lowest BCUT2D eigenvalue weighted by atomic mass is 9.76. The van der Waals surface area contributed by atoms with Crippen molar-refractivity contribution in [1.29, 1.82) is 0 Å². The van der Waals surface area contributed by atoms with E-state index in [0.717, 1.165) is 17.4 Å². The summed E-state index contributed by atoms with van der Waals surface area (Å²) in [5.41, 5.74) is 1.42. The van der Waals surface area contributed by atoms with Crippen LogP contribution in [-0.4, -0.2) is 23.8 Å². The molecule has 1 saturated carbocycles. The Kier molecular flexibility index (Phi) is 4.60. The SMILES string of the molecule is CCC(O)CNC1CC(c2cccc(Br)c2)C1. The highest BCUT2D eigenvalue weighted by Gasteiger charge is 2.30. The molecular weight excluding hydrogens is 278 g/mol. The van der Waals surface area contributed by atoms with Gasteiger partial charge in [0.2, 0.25) is 0 Å². The molecule has 1 atom stereocenters. The molecule has 0 amide bonds. The van der Waals surface area contributed by atoms with E-state index < -0.39 is 0 Å². The fourth-order valence-electron chi connectivity index (χ4n) is 2.26. The smallest absolute Gasteiger partial charge is 0.0662 e. The molecule has 0 radical (unpaired) electrons. The Bertz CT molecular complexity index is 363. The lowest BCUT2D eigenvalue weighted by Crippen LogP contribution is -2.43. The van der Waals surface area contributed by atoms with Gasteiger partial charge in [0.25, 0.3) is 0 Å². The summed E-state index contributed by atoms with van der Waals surface area (Å²) in [5, 5.41) is 12.9. The molecule has 2 rings (SSSR count). The predicted octanol–water partition coefficient (Wildman–Crippen LogP) is 3.06. The van der Waals surface area contributed by atoms with E-state index in [-0.39, 0.29) is 6.10 Å². The Balaban J connectivity index is 1.75. The van der Waals surface area contributed by atoms with E-state index in [4.69, 9.17) is 0 Å². The molecule has 1 fully saturated rings. The van der Waals surface area contributed by atoms with Gasteiger partial charge in [-0.2, -0.15) is 0 Å². The van der Waals surface area contributed by atoms with E-state index in [1.54, 1.807) is 0 Å². The first-order chi connectivity index (χ1) is 8.19. The van der Waals surface area contributed by atoms with Gasteiger partial charge in [0.15, 0.2) is 0 Å². The molecule has 94 valence electrons. The van der Waals surface area contributed by atoms with Crippen molar-refractivity contribution in [3.8, 4) is 0 Å². The van der Waals surface area contributed by atoms with Crippen molar-refractivity contribution in [3.63, 3.8) is 0 Å². The molecule has 2 N–H and O–H groups in total. The molecular formula is C14H20BrNO. The molecule has 1 aromatic rings. The lowest BCUT2D eigenvalue weighted by molar-refractivity contribution is 0.151. The van der Waals surface area contributed by atoms with E-state index >= 15 is 0 Å². The van der Waals surface area contributed by atoms with Gasteiger partial charge in [-0.15, -0.1) is 0 Å². The third-order valence-corrected chi connectivity index (χ3v) is 4.06. The van der Waals surface area contributed by atoms with Gasteiger partial charge in [-0.1, -0.05) is 35.0 Å². The summed E-state index contributed by atoms with van der Waals surface area (Å²) in [4.78, 5) is 0. The van der Waals surface area contributed by atoms with Crippen molar-refractivity contribution in [2.45, 2.75) is 44.2 Å². The third kappa shape index (κ3) is 3.54. The van der Waals surface area contributed by atoms with Gasteiger partial charge in [-0.25, -0.2) is 0 Å². The summed E-state index contributed by atoms with van der Waals surface area (Å²) in [6, 6.07) is 9.16. The second kappa shape index (κ2) is 5.98. The molecule has 1 aliphatic carbocycles. The summed E-state index contributed by atoms with van der Waals surface area (Å²) in [6.45, 7) is 2.74. The molecule has 1 aromatic carbocycles. The topological polar surface area (TPSA) is 32.3 Å². The van der Waals surface area contributed by atoms with Gasteiger partial charge < -0.3 is 10.4 Å². The van der Waals surface area contributed by atoms with E-state index in [1.165, 1.54) is 18.4 Å².